The van der Waals surface area contributed by atoms with Gasteiger partial charge in [0.05, 0.1) is 11.8 Å². The SMILES string of the molecule is O=c1c2sc(-c3ccccc3)cc2ncn1Cc1nnc(-c2cccc(Br)c2)o1. The smallest absolute Gasteiger partial charge is 0.271 e. The molecule has 6 nitrogen and oxygen atoms in total. The molecule has 5 rings (SSSR count). The number of nitrogens with zero attached hydrogens (tertiary/aromatic N) is 4. The lowest BCUT2D eigenvalue weighted by atomic mass is 10.2. The number of benzene rings is 2. The lowest BCUT2D eigenvalue weighted by molar-refractivity contribution is 0.483. The van der Waals surface area contributed by atoms with Crippen molar-refractivity contribution in [3.8, 4) is 21.9 Å². The van der Waals surface area contributed by atoms with E-state index in [0.29, 0.717) is 22.0 Å². The Hall–Kier alpha value is -3.10. The van der Waals surface area contributed by atoms with E-state index in [2.05, 4.69) is 31.1 Å². The molecule has 0 unspecified atom stereocenters. The molecule has 0 spiro atoms. The minimum atomic E-state index is -0.121. The van der Waals surface area contributed by atoms with Crippen molar-refractivity contribution in [1.29, 1.82) is 0 Å². The van der Waals surface area contributed by atoms with Gasteiger partial charge in [0.1, 0.15) is 11.2 Å². The second kappa shape index (κ2) is 7.38. The molecule has 0 fully saturated rings. The van der Waals surface area contributed by atoms with Crippen molar-refractivity contribution < 1.29 is 4.42 Å². The van der Waals surface area contributed by atoms with Crippen LogP contribution < -0.4 is 5.56 Å². The van der Waals surface area contributed by atoms with Gasteiger partial charge in [-0.3, -0.25) is 9.36 Å². The fourth-order valence-corrected chi connectivity index (χ4v) is 4.47. The second-order valence-electron chi connectivity index (χ2n) is 6.38. The van der Waals surface area contributed by atoms with E-state index in [1.54, 1.807) is 0 Å². The van der Waals surface area contributed by atoms with Crippen LogP contribution in [0.1, 0.15) is 5.89 Å². The standard InChI is InChI=1S/C21H13BrN4O2S/c22-15-8-4-7-14(9-15)20-25-24-18(28-20)11-26-12-23-16-10-17(29-19(16)21(26)27)13-5-2-1-3-6-13/h1-10,12H,11H2. The minimum Gasteiger partial charge on any atom is -0.419 e. The quantitative estimate of drug-likeness (QED) is 0.374. The molecule has 0 aliphatic carbocycles. The van der Waals surface area contributed by atoms with Gasteiger partial charge in [-0.1, -0.05) is 52.3 Å². The van der Waals surface area contributed by atoms with Crippen LogP contribution in [-0.2, 0) is 6.54 Å². The Labute approximate surface area is 177 Å². The molecule has 2 aromatic carbocycles. The summed E-state index contributed by atoms with van der Waals surface area (Å²) < 4.78 is 8.77. The lowest BCUT2D eigenvalue weighted by Gasteiger charge is -2.01. The predicted molar refractivity (Wildman–Crippen MR) is 116 cm³/mol. The summed E-state index contributed by atoms with van der Waals surface area (Å²) in [6, 6.07) is 19.5. The number of halogens is 1. The highest BCUT2D eigenvalue weighted by molar-refractivity contribution is 9.10. The van der Waals surface area contributed by atoms with Gasteiger partial charge in [0.25, 0.3) is 5.56 Å². The molecule has 0 amide bonds. The van der Waals surface area contributed by atoms with Crippen molar-refractivity contribution in [3.63, 3.8) is 0 Å². The van der Waals surface area contributed by atoms with Crippen LogP contribution in [0.25, 0.3) is 32.1 Å². The van der Waals surface area contributed by atoms with Crippen molar-refractivity contribution in [2.24, 2.45) is 0 Å². The molecular formula is C21H13BrN4O2S. The Morgan fingerprint density at radius 1 is 1.00 bits per heavy atom. The summed E-state index contributed by atoms with van der Waals surface area (Å²) in [7, 11) is 0. The maximum absolute atomic E-state index is 12.9. The van der Waals surface area contributed by atoms with Crippen LogP contribution in [-0.4, -0.2) is 19.7 Å². The number of rotatable bonds is 4. The monoisotopic (exact) mass is 464 g/mol. The maximum Gasteiger partial charge on any atom is 0.271 e. The largest absolute Gasteiger partial charge is 0.419 e. The number of hydrogen-bond acceptors (Lipinski definition) is 6. The average molecular weight is 465 g/mol. The van der Waals surface area contributed by atoms with Crippen molar-refractivity contribution in [2.45, 2.75) is 6.54 Å². The first-order chi connectivity index (χ1) is 14.2. The molecule has 5 aromatic rings. The molecule has 0 atom stereocenters. The average Bonchev–Trinajstić information content (AvgIpc) is 3.39. The van der Waals surface area contributed by atoms with Crippen LogP contribution >= 0.6 is 27.3 Å². The van der Waals surface area contributed by atoms with E-state index in [-0.39, 0.29) is 12.1 Å². The first kappa shape index (κ1) is 18.0. The lowest BCUT2D eigenvalue weighted by Crippen LogP contribution is -2.20. The van der Waals surface area contributed by atoms with Gasteiger partial charge < -0.3 is 4.42 Å². The Kier molecular flexibility index (Phi) is 4.57. The molecule has 142 valence electrons. The van der Waals surface area contributed by atoms with Gasteiger partial charge in [-0.05, 0) is 29.8 Å². The van der Waals surface area contributed by atoms with E-state index >= 15 is 0 Å². The van der Waals surface area contributed by atoms with Crippen LogP contribution in [0.3, 0.4) is 0 Å². The molecular weight excluding hydrogens is 452 g/mol. The van der Waals surface area contributed by atoms with Crippen LogP contribution in [0.4, 0.5) is 0 Å². The summed E-state index contributed by atoms with van der Waals surface area (Å²) in [6.07, 6.45) is 1.52. The van der Waals surface area contributed by atoms with E-state index in [0.717, 1.165) is 20.5 Å². The third-order valence-corrected chi connectivity index (χ3v) is 6.06. The summed E-state index contributed by atoms with van der Waals surface area (Å²) in [5.41, 5.74) is 2.45. The third kappa shape index (κ3) is 3.52. The van der Waals surface area contributed by atoms with Crippen LogP contribution in [0, 0.1) is 0 Å². The normalized spacial score (nSPS) is 11.2. The third-order valence-electron chi connectivity index (χ3n) is 4.41. The molecule has 0 N–H and O–H groups in total. The van der Waals surface area contributed by atoms with E-state index < -0.39 is 0 Å². The van der Waals surface area contributed by atoms with Gasteiger partial charge in [-0.2, -0.15) is 0 Å². The van der Waals surface area contributed by atoms with Gasteiger partial charge in [-0.15, -0.1) is 21.5 Å². The Morgan fingerprint density at radius 2 is 1.83 bits per heavy atom. The van der Waals surface area contributed by atoms with Crippen LogP contribution in [0.5, 0.6) is 0 Å². The number of aromatic nitrogens is 4. The molecule has 3 heterocycles. The Balaban J connectivity index is 1.47. The maximum atomic E-state index is 12.9. The topological polar surface area (TPSA) is 73.8 Å². The van der Waals surface area contributed by atoms with Crippen molar-refractivity contribution in [3.05, 3.63) is 87.7 Å². The van der Waals surface area contributed by atoms with E-state index in [4.69, 9.17) is 4.42 Å². The highest BCUT2D eigenvalue weighted by Crippen LogP contribution is 2.30. The molecule has 0 aliphatic rings. The Morgan fingerprint density at radius 3 is 2.66 bits per heavy atom. The molecule has 29 heavy (non-hydrogen) atoms. The van der Waals surface area contributed by atoms with E-state index in [1.165, 1.54) is 22.2 Å². The minimum absolute atomic E-state index is 0.121. The van der Waals surface area contributed by atoms with E-state index in [9.17, 15) is 4.79 Å². The first-order valence-corrected chi connectivity index (χ1v) is 10.4. The summed E-state index contributed by atoms with van der Waals surface area (Å²) in [4.78, 5) is 18.4. The Bertz CT molecular complexity index is 1370. The van der Waals surface area contributed by atoms with Gasteiger partial charge in [0.2, 0.25) is 11.8 Å². The highest BCUT2D eigenvalue weighted by atomic mass is 79.9. The van der Waals surface area contributed by atoms with Crippen LogP contribution in [0.2, 0.25) is 0 Å². The fourth-order valence-electron chi connectivity index (χ4n) is 3.00. The molecule has 3 aromatic heterocycles. The highest BCUT2D eigenvalue weighted by Gasteiger charge is 2.14. The van der Waals surface area contributed by atoms with Crippen molar-refractivity contribution in [1.82, 2.24) is 19.7 Å². The zero-order valence-corrected chi connectivity index (χ0v) is 17.4. The summed E-state index contributed by atoms with van der Waals surface area (Å²) in [6.45, 7) is 0.168. The molecule has 0 bridgehead atoms. The number of thiophene rings is 1. The zero-order valence-electron chi connectivity index (χ0n) is 14.9. The van der Waals surface area contributed by atoms with Crippen LogP contribution in [0.15, 0.2) is 80.7 Å². The number of hydrogen-bond donors (Lipinski definition) is 0. The molecule has 0 aliphatic heterocycles. The van der Waals surface area contributed by atoms with Gasteiger partial charge in [0.15, 0.2) is 0 Å². The van der Waals surface area contributed by atoms with Crippen molar-refractivity contribution >= 4 is 37.5 Å². The van der Waals surface area contributed by atoms with Crippen molar-refractivity contribution in [2.75, 3.05) is 0 Å². The second-order valence-corrected chi connectivity index (χ2v) is 8.35. The number of fused-ring (bicyclic) bond motifs is 1. The summed E-state index contributed by atoms with van der Waals surface area (Å²) in [5, 5.41) is 8.16. The van der Waals surface area contributed by atoms with E-state index in [1.807, 2.05) is 60.7 Å². The summed E-state index contributed by atoms with van der Waals surface area (Å²) >= 11 is 4.87. The zero-order chi connectivity index (χ0) is 19.8. The first-order valence-electron chi connectivity index (χ1n) is 8.80. The predicted octanol–water partition coefficient (Wildman–Crippen LogP) is 4.99. The molecule has 0 radical (unpaired) electrons. The van der Waals surface area contributed by atoms with Gasteiger partial charge in [0, 0.05) is 14.9 Å². The summed E-state index contributed by atoms with van der Waals surface area (Å²) in [5.74, 6) is 0.758. The fraction of sp³-hybridized carbons (Fsp3) is 0.0476. The van der Waals surface area contributed by atoms with Gasteiger partial charge in [-0.25, -0.2) is 4.98 Å². The molecule has 0 saturated carbocycles. The molecule has 0 saturated heterocycles. The molecule has 8 heteroatoms. The van der Waals surface area contributed by atoms with Gasteiger partial charge >= 0.3 is 0 Å².